The van der Waals surface area contributed by atoms with Gasteiger partial charge in [0.05, 0.1) is 6.10 Å². The van der Waals surface area contributed by atoms with Crippen LogP contribution in [0.4, 0.5) is 0 Å². The quantitative estimate of drug-likeness (QED) is 0.806. The second kappa shape index (κ2) is 6.71. The Bertz CT molecular complexity index is 392. The SMILES string of the molecule is CC(CNCC(O)c1ccc(Cl)cc1)N(C)C1CC1. The number of hydrogen-bond donors (Lipinski definition) is 2. The van der Waals surface area contributed by atoms with Crippen molar-refractivity contribution >= 4 is 11.6 Å². The molecule has 1 aliphatic rings. The van der Waals surface area contributed by atoms with E-state index in [4.69, 9.17) is 11.6 Å². The number of hydrogen-bond acceptors (Lipinski definition) is 3. The Hall–Kier alpha value is -0.610. The van der Waals surface area contributed by atoms with Gasteiger partial charge in [-0.1, -0.05) is 23.7 Å². The molecule has 1 aromatic rings. The standard InChI is InChI=1S/C15H23ClN2O/c1-11(18(2)14-7-8-14)9-17-10-15(19)12-3-5-13(16)6-4-12/h3-6,11,14-15,17,19H,7-10H2,1-2H3. The molecular formula is C15H23ClN2O. The van der Waals surface area contributed by atoms with Gasteiger partial charge >= 0.3 is 0 Å². The van der Waals surface area contributed by atoms with Crippen LogP contribution < -0.4 is 5.32 Å². The van der Waals surface area contributed by atoms with E-state index in [1.54, 1.807) is 0 Å². The van der Waals surface area contributed by atoms with Crippen molar-refractivity contribution in [2.24, 2.45) is 0 Å². The highest BCUT2D eigenvalue weighted by molar-refractivity contribution is 6.30. The Kier molecular flexibility index (Phi) is 5.22. The van der Waals surface area contributed by atoms with Crippen molar-refractivity contribution in [1.82, 2.24) is 10.2 Å². The number of likely N-dealkylation sites (N-methyl/N-ethyl adjacent to an activating group) is 1. The number of nitrogens with zero attached hydrogens (tertiary/aromatic N) is 1. The molecule has 2 N–H and O–H groups in total. The minimum atomic E-state index is -0.476. The number of aliphatic hydroxyl groups is 1. The van der Waals surface area contributed by atoms with Gasteiger partial charge in [0.15, 0.2) is 0 Å². The fourth-order valence-electron chi connectivity index (χ4n) is 2.22. The summed E-state index contributed by atoms with van der Waals surface area (Å²) < 4.78 is 0. The van der Waals surface area contributed by atoms with Crippen molar-refractivity contribution in [3.63, 3.8) is 0 Å². The third-order valence-corrected chi connectivity index (χ3v) is 4.10. The average Bonchev–Trinajstić information content (AvgIpc) is 3.22. The van der Waals surface area contributed by atoms with E-state index in [1.807, 2.05) is 24.3 Å². The molecule has 0 radical (unpaired) electrons. The Balaban J connectivity index is 1.71. The molecule has 19 heavy (non-hydrogen) atoms. The largest absolute Gasteiger partial charge is 0.387 e. The second-order valence-corrected chi connectivity index (χ2v) is 5.91. The summed E-state index contributed by atoms with van der Waals surface area (Å²) in [5.41, 5.74) is 0.903. The molecule has 0 aliphatic heterocycles. The maximum atomic E-state index is 10.1. The summed E-state index contributed by atoms with van der Waals surface area (Å²) in [6.45, 7) is 3.70. The van der Waals surface area contributed by atoms with Crippen molar-refractivity contribution in [3.05, 3.63) is 34.9 Å². The van der Waals surface area contributed by atoms with Crippen LogP contribution in [-0.4, -0.2) is 42.2 Å². The normalized spacial score (nSPS) is 18.6. The molecule has 106 valence electrons. The summed E-state index contributed by atoms with van der Waals surface area (Å²) in [5.74, 6) is 0. The maximum absolute atomic E-state index is 10.1. The molecule has 0 saturated heterocycles. The van der Waals surface area contributed by atoms with Crippen molar-refractivity contribution < 1.29 is 5.11 Å². The first kappa shape index (κ1) is 14.8. The average molecular weight is 283 g/mol. The Labute approximate surface area is 120 Å². The zero-order valence-corrected chi connectivity index (χ0v) is 12.4. The van der Waals surface area contributed by atoms with Crippen LogP contribution >= 0.6 is 11.6 Å². The molecule has 4 heteroatoms. The lowest BCUT2D eigenvalue weighted by Gasteiger charge is -2.25. The predicted octanol–water partition coefficient (Wildman–Crippen LogP) is 2.45. The minimum absolute atomic E-state index is 0.476. The van der Waals surface area contributed by atoms with E-state index >= 15 is 0 Å². The van der Waals surface area contributed by atoms with Crippen LogP contribution in [0.25, 0.3) is 0 Å². The highest BCUT2D eigenvalue weighted by Crippen LogP contribution is 2.26. The first-order valence-corrected chi connectivity index (χ1v) is 7.32. The molecule has 1 aliphatic carbocycles. The van der Waals surface area contributed by atoms with E-state index in [0.717, 1.165) is 18.2 Å². The fraction of sp³-hybridized carbons (Fsp3) is 0.600. The van der Waals surface area contributed by atoms with E-state index in [0.29, 0.717) is 17.6 Å². The third-order valence-electron chi connectivity index (χ3n) is 3.85. The van der Waals surface area contributed by atoms with Crippen LogP contribution in [0.15, 0.2) is 24.3 Å². The van der Waals surface area contributed by atoms with Crippen molar-refractivity contribution in [2.75, 3.05) is 20.1 Å². The Morgan fingerprint density at radius 1 is 1.32 bits per heavy atom. The van der Waals surface area contributed by atoms with Gasteiger partial charge in [-0.05, 0) is 44.5 Å². The van der Waals surface area contributed by atoms with Crippen molar-refractivity contribution in [2.45, 2.75) is 38.0 Å². The van der Waals surface area contributed by atoms with Crippen LogP contribution in [0.3, 0.4) is 0 Å². The van der Waals surface area contributed by atoms with E-state index < -0.39 is 6.10 Å². The summed E-state index contributed by atoms with van der Waals surface area (Å²) in [6.07, 6.45) is 2.18. The summed E-state index contributed by atoms with van der Waals surface area (Å²) in [5, 5.41) is 14.1. The van der Waals surface area contributed by atoms with Gasteiger partial charge in [0.2, 0.25) is 0 Å². The summed E-state index contributed by atoms with van der Waals surface area (Å²) in [4.78, 5) is 2.42. The molecule has 1 fully saturated rings. The molecule has 2 rings (SSSR count). The molecule has 2 atom stereocenters. The highest BCUT2D eigenvalue weighted by atomic mass is 35.5. The molecular weight excluding hydrogens is 260 g/mol. The van der Waals surface area contributed by atoms with Gasteiger partial charge in [0.25, 0.3) is 0 Å². The topological polar surface area (TPSA) is 35.5 Å². The third kappa shape index (κ3) is 4.46. The highest BCUT2D eigenvalue weighted by Gasteiger charge is 2.28. The van der Waals surface area contributed by atoms with Crippen LogP contribution in [0.5, 0.6) is 0 Å². The van der Waals surface area contributed by atoms with E-state index in [1.165, 1.54) is 12.8 Å². The smallest absolute Gasteiger partial charge is 0.0914 e. The lowest BCUT2D eigenvalue weighted by atomic mass is 10.1. The number of halogens is 1. The predicted molar refractivity (Wildman–Crippen MR) is 79.5 cm³/mol. The van der Waals surface area contributed by atoms with E-state index in [9.17, 15) is 5.11 Å². The fourth-order valence-corrected chi connectivity index (χ4v) is 2.34. The van der Waals surface area contributed by atoms with Crippen molar-refractivity contribution in [3.8, 4) is 0 Å². The van der Waals surface area contributed by atoms with Gasteiger partial charge in [-0.2, -0.15) is 0 Å². The molecule has 1 saturated carbocycles. The molecule has 0 aromatic heterocycles. The van der Waals surface area contributed by atoms with Crippen molar-refractivity contribution in [1.29, 1.82) is 0 Å². The molecule has 0 bridgehead atoms. The number of benzene rings is 1. The lowest BCUT2D eigenvalue weighted by molar-refractivity contribution is 0.167. The first-order valence-electron chi connectivity index (χ1n) is 6.94. The molecule has 3 nitrogen and oxygen atoms in total. The molecule has 0 spiro atoms. The summed E-state index contributed by atoms with van der Waals surface area (Å²) in [7, 11) is 2.18. The van der Waals surface area contributed by atoms with Gasteiger partial charge in [-0.15, -0.1) is 0 Å². The second-order valence-electron chi connectivity index (χ2n) is 5.47. The Morgan fingerprint density at radius 3 is 2.53 bits per heavy atom. The molecule has 2 unspecified atom stereocenters. The zero-order chi connectivity index (χ0) is 13.8. The number of nitrogens with one attached hydrogen (secondary N) is 1. The Morgan fingerprint density at radius 2 is 1.95 bits per heavy atom. The van der Waals surface area contributed by atoms with Gasteiger partial charge < -0.3 is 10.4 Å². The van der Waals surface area contributed by atoms with Crippen LogP contribution in [0.2, 0.25) is 5.02 Å². The monoisotopic (exact) mass is 282 g/mol. The van der Waals surface area contributed by atoms with E-state index in [-0.39, 0.29) is 0 Å². The van der Waals surface area contributed by atoms with Crippen LogP contribution in [-0.2, 0) is 0 Å². The molecule has 0 heterocycles. The first-order chi connectivity index (χ1) is 9.08. The number of rotatable bonds is 7. The van der Waals surface area contributed by atoms with Crippen LogP contribution in [0, 0.1) is 0 Å². The summed E-state index contributed by atoms with van der Waals surface area (Å²) in [6, 6.07) is 8.64. The van der Waals surface area contributed by atoms with Gasteiger partial charge in [-0.25, -0.2) is 0 Å². The lowest BCUT2D eigenvalue weighted by Crippen LogP contribution is -2.40. The summed E-state index contributed by atoms with van der Waals surface area (Å²) >= 11 is 5.83. The van der Waals surface area contributed by atoms with Gasteiger partial charge in [0.1, 0.15) is 0 Å². The van der Waals surface area contributed by atoms with Crippen LogP contribution in [0.1, 0.15) is 31.4 Å². The molecule has 0 amide bonds. The van der Waals surface area contributed by atoms with Gasteiger partial charge in [-0.3, -0.25) is 4.90 Å². The minimum Gasteiger partial charge on any atom is -0.387 e. The molecule has 1 aromatic carbocycles. The van der Waals surface area contributed by atoms with E-state index in [2.05, 4.69) is 24.2 Å². The maximum Gasteiger partial charge on any atom is 0.0914 e. The number of aliphatic hydroxyl groups excluding tert-OH is 1. The van der Waals surface area contributed by atoms with Gasteiger partial charge in [0, 0.05) is 30.2 Å². The zero-order valence-electron chi connectivity index (χ0n) is 11.6.